The molecule has 98 valence electrons. The van der Waals surface area contributed by atoms with Crippen molar-refractivity contribution in [1.82, 2.24) is 19.6 Å². The van der Waals surface area contributed by atoms with E-state index in [2.05, 4.69) is 21.3 Å². The Morgan fingerprint density at radius 2 is 2.25 bits per heavy atom. The van der Waals surface area contributed by atoms with Gasteiger partial charge in [-0.2, -0.15) is 10.4 Å². The fourth-order valence-corrected chi connectivity index (χ4v) is 1.90. The van der Waals surface area contributed by atoms with Crippen LogP contribution in [0.3, 0.4) is 0 Å². The number of aromatic amines is 1. The zero-order chi connectivity index (χ0) is 14.1. The number of fused-ring (bicyclic) bond motifs is 1. The predicted molar refractivity (Wildman–Crippen MR) is 72.8 cm³/mol. The topological polar surface area (TPSA) is 90.1 Å². The zero-order valence-electron chi connectivity index (χ0n) is 10.6. The van der Waals surface area contributed by atoms with E-state index in [0.29, 0.717) is 17.0 Å². The van der Waals surface area contributed by atoms with Gasteiger partial charge in [0.15, 0.2) is 5.65 Å². The van der Waals surface area contributed by atoms with E-state index >= 15 is 0 Å². The normalized spacial score (nSPS) is 10.4. The van der Waals surface area contributed by atoms with Gasteiger partial charge in [0.05, 0.1) is 11.6 Å². The summed E-state index contributed by atoms with van der Waals surface area (Å²) in [5.41, 5.74) is 1.57. The molecule has 0 atom stereocenters. The van der Waals surface area contributed by atoms with E-state index in [9.17, 15) is 4.79 Å². The minimum atomic E-state index is -0.326. The molecule has 0 unspecified atom stereocenters. The first kappa shape index (κ1) is 11.9. The van der Waals surface area contributed by atoms with Crippen molar-refractivity contribution in [1.29, 1.82) is 5.26 Å². The van der Waals surface area contributed by atoms with E-state index in [1.54, 1.807) is 18.2 Å². The van der Waals surface area contributed by atoms with E-state index in [1.165, 1.54) is 10.7 Å². The van der Waals surface area contributed by atoms with Crippen LogP contribution in [0.1, 0.15) is 5.56 Å². The summed E-state index contributed by atoms with van der Waals surface area (Å²) in [4.78, 5) is 17.4. The van der Waals surface area contributed by atoms with Crippen molar-refractivity contribution >= 4 is 17.2 Å². The van der Waals surface area contributed by atoms with Gasteiger partial charge >= 0.3 is 5.69 Å². The molecule has 2 aromatic heterocycles. The van der Waals surface area contributed by atoms with Gasteiger partial charge in [0.25, 0.3) is 0 Å². The molecule has 3 rings (SSSR count). The lowest BCUT2D eigenvalue weighted by atomic mass is 10.2. The number of hydrogen-bond donors (Lipinski definition) is 1. The van der Waals surface area contributed by atoms with Crippen LogP contribution in [0.25, 0.3) is 5.65 Å². The number of rotatable bonds is 2. The number of aromatic nitrogens is 4. The van der Waals surface area contributed by atoms with Gasteiger partial charge in [-0.25, -0.2) is 19.3 Å². The molecule has 0 bridgehead atoms. The third kappa shape index (κ3) is 1.89. The highest BCUT2D eigenvalue weighted by Gasteiger charge is 2.09. The van der Waals surface area contributed by atoms with Crippen LogP contribution in [-0.4, -0.2) is 26.6 Å². The van der Waals surface area contributed by atoms with E-state index in [4.69, 9.17) is 5.26 Å². The van der Waals surface area contributed by atoms with Gasteiger partial charge in [0.2, 0.25) is 0 Å². The standard InChI is InChI=1S/C13H10N6O/c1-18(10-4-2-3-9(5-10)7-14)11-6-12-16-17-13(20)19(12)8-15-11/h2-6,8H,1H3,(H,17,20). The van der Waals surface area contributed by atoms with Crippen LogP contribution in [0.4, 0.5) is 11.5 Å². The summed E-state index contributed by atoms with van der Waals surface area (Å²) in [5.74, 6) is 0.631. The van der Waals surface area contributed by atoms with Crippen molar-refractivity contribution in [3.63, 3.8) is 0 Å². The molecule has 3 aromatic rings. The van der Waals surface area contributed by atoms with Crippen LogP contribution in [0, 0.1) is 11.3 Å². The highest BCUT2D eigenvalue weighted by atomic mass is 16.1. The minimum absolute atomic E-state index is 0.326. The number of benzene rings is 1. The Kier molecular flexibility index (Phi) is 2.69. The Labute approximate surface area is 113 Å². The van der Waals surface area contributed by atoms with Crippen LogP contribution in [0.15, 0.2) is 41.5 Å². The third-order valence-electron chi connectivity index (χ3n) is 3.00. The summed E-state index contributed by atoms with van der Waals surface area (Å²) in [7, 11) is 1.83. The molecule has 0 aliphatic carbocycles. The maximum Gasteiger partial charge on any atom is 0.348 e. The molecule has 0 fully saturated rings. The first-order valence-electron chi connectivity index (χ1n) is 5.86. The van der Waals surface area contributed by atoms with Gasteiger partial charge in [-0.3, -0.25) is 0 Å². The summed E-state index contributed by atoms with van der Waals surface area (Å²) in [6, 6.07) is 11.0. The molecular weight excluding hydrogens is 256 g/mol. The molecule has 7 nitrogen and oxygen atoms in total. The summed E-state index contributed by atoms with van der Waals surface area (Å²) in [5, 5.41) is 15.2. The van der Waals surface area contributed by atoms with Crippen molar-refractivity contribution in [2.45, 2.75) is 0 Å². The molecule has 0 radical (unpaired) electrons. The molecule has 1 N–H and O–H groups in total. The van der Waals surface area contributed by atoms with Crippen LogP contribution in [-0.2, 0) is 0 Å². The van der Waals surface area contributed by atoms with E-state index in [1.807, 2.05) is 24.1 Å². The van der Waals surface area contributed by atoms with Gasteiger partial charge in [-0.1, -0.05) is 6.07 Å². The predicted octanol–water partition coefficient (Wildman–Crippen LogP) is 1.06. The number of H-pyrrole nitrogens is 1. The molecule has 7 heteroatoms. The van der Waals surface area contributed by atoms with Gasteiger partial charge in [0, 0.05) is 18.8 Å². The van der Waals surface area contributed by atoms with Crippen LogP contribution in [0.5, 0.6) is 0 Å². The molecular formula is C13H10N6O. The molecule has 1 aromatic carbocycles. The SMILES string of the molecule is CN(c1cccc(C#N)c1)c1cc2n[nH]c(=O)n2cn1. The fraction of sp³-hybridized carbons (Fsp3) is 0.0769. The van der Waals surface area contributed by atoms with Gasteiger partial charge < -0.3 is 4.90 Å². The number of nitriles is 1. The van der Waals surface area contributed by atoms with Crippen molar-refractivity contribution < 1.29 is 0 Å². The second-order valence-electron chi connectivity index (χ2n) is 4.23. The number of anilines is 2. The van der Waals surface area contributed by atoms with E-state index < -0.39 is 0 Å². The van der Waals surface area contributed by atoms with Crippen molar-refractivity contribution in [3.05, 3.63) is 52.7 Å². The maximum atomic E-state index is 11.4. The number of nitrogens with zero attached hydrogens (tertiary/aromatic N) is 5. The minimum Gasteiger partial charge on any atom is -0.329 e. The highest BCUT2D eigenvalue weighted by Crippen LogP contribution is 2.22. The molecule has 0 aliphatic heterocycles. The summed E-state index contributed by atoms with van der Waals surface area (Å²) >= 11 is 0. The highest BCUT2D eigenvalue weighted by molar-refractivity contribution is 5.63. The average molecular weight is 266 g/mol. The Balaban J connectivity index is 2.05. The van der Waals surface area contributed by atoms with Crippen LogP contribution < -0.4 is 10.6 Å². The van der Waals surface area contributed by atoms with Crippen molar-refractivity contribution in [2.24, 2.45) is 0 Å². The van der Waals surface area contributed by atoms with Crippen molar-refractivity contribution in [3.8, 4) is 6.07 Å². The molecule has 2 heterocycles. The molecule has 0 spiro atoms. The van der Waals surface area contributed by atoms with Crippen LogP contribution >= 0.6 is 0 Å². The Morgan fingerprint density at radius 3 is 3.05 bits per heavy atom. The number of hydrogen-bond acceptors (Lipinski definition) is 5. The second kappa shape index (κ2) is 4.51. The van der Waals surface area contributed by atoms with E-state index in [-0.39, 0.29) is 5.69 Å². The lowest BCUT2D eigenvalue weighted by molar-refractivity contribution is 0.986. The average Bonchev–Trinajstić information content (AvgIpc) is 2.87. The smallest absolute Gasteiger partial charge is 0.329 e. The summed E-state index contributed by atoms with van der Waals surface area (Å²) in [6.07, 6.45) is 1.42. The molecule has 0 saturated carbocycles. The van der Waals surface area contributed by atoms with Gasteiger partial charge in [-0.15, -0.1) is 0 Å². The monoisotopic (exact) mass is 266 g/mol. The van der Waals surface area contributed by atoms with Crippen LogP contribution in [0.2, 0.25) is 0 Å². The Morgan fingerprint density at radius 1 is 1.40 bits per heavy atom. The molecule has 0 saturated heterocycles. The third-order valence-corrected chi connectivity index (χ3v) is 3.00. The molecule has 0 amide bonds. The summed E-state index contributed by atoms with van der Waals surface area (Å²) in [6.45, 7) is 0. The lowest BCUT2D eigenvalue weighted by Gasteiger charge is -2.18. The Bertz CT molecular complexity index is 872. The second-order valence-corrected chi connectivity index (χ2v) is 4.23. The van der Waals surface area contributed by atoms with E-state index in [0.717, 1.165) is 5.69 Å². The quantitative estimate of drug-likeness (QED) is 0.749. The first-order valence-corrected chi connectivity index (χ1v) is 5.86. The fourth-order valence-electron chi connectivity index (χ4n) is 1.90. The summed E-state index contributed by atoms with van der Waals surface area (Å²) < 4.78 is 1.32. The van der Waals surface area contributed by atoms with Gasteiger partial charge in [0.1, 0.15) is 12.1 Å². The number of nitrogens with one attached hydrogen (secondary N) is 1. The largest absolute Gasteiger partial charge is 0.348 e. The maximum absolute atomic E-state index is 11.4. The molecule has 20 heavy (non-hydrogen) atoms. The zero-order valence-corrected chi connectivity index (χ0v) is 10.6. The van der Waals surface area contributed by atoms with Gasteiger partial charge in [-0.05, 0) is 18.2 Å². The molecule has 0 aliphatic rings. The van der Waals surface area contributed by atoms with Crippen molar-refractivity contribution in [2.75, 3.05) is 11.9 Å². The Hall–Kier alpha value is -3.14. The first-order chi connectivity index (χ1) is 9.69. The lowest BCUT2D eigenvalue weighted by Crippen LogP contribution is -2.14.